The highest BCUT2D eigenvalue weighted by atomic mass is 16.5. The Hall–Kier alpha value is -2.33. The minimum absolute atomic E-state index is 0.0126. The van der Waals surface area contributed by atoms with Gasteiger partial charge in [0.25, 0.3) is 5.91 Å². The SMILES string of the molecule is C=C1CCN2C(=O)[C@H](OCc3ccccc3)[C@@H]2/C(OC)=C(/C)C1=C. The van der Waals surface area contributed by atoms with Gasteiger partial charge < -0.3 is 14.4 Å². The average molecular weight is 325 g/mol. The highest BCUT2D eigenvalue weighted by Crippen LogP contribution is 2.37. The summed E-state index contributed by atoms with van der Waals surface area (Å²) in [4.78, 5) is 14.3. The van der Waals surface area contributed by atoms with E-state index in [0.717, 1.165) is 34.5 Å². The van der Waals surface area contributed by atoms with E-state index in [4.69, 9.17) is 9.47 Å². The molecular formula is C20H23NO3. The number of nitrogens with zero attached hydrogens (tertiary/aromatic N) is 1. The minimum atomic E-state index is -0.505. The molecule has 24 heavy (non-hydrogen) atoms. The van der Waals surface area contributed by atoms with E-state index >= 15 is 0 Å². The molecule has 2 aliphatic heterocycles. The summed E-state index contributed by atoms with van der Waals surface area (Å²) >= 11 is 0. The van der Waals surface area contributed by atoms with Crippen molar-refractivity contribution in [3.8, 4) is 0 Å². The summed E-state index contributed by atoms with van der Waals surface area (Å²) < 4.78 is 11.6. The number of rotatable bonds is 4. The van der Waals surface area contributed by atoms with E-state index in [1.165, 1.54) is 0 Å². The van der Waals surface area contributed by atoms with Gasteiger partial charge in [0.2, 0.25) is 0 Å². The molecule has 0 saturated carbocycles. The summed E-state index contributed by atoms with van der Waals surface area (Å²) in [5.74, 6) is 0.761. The van der Waals surface area contributed by atoms with Crippen LogP contribution in [0.3, 0.4) is 0 Å². The smallest absolute Gasteiger partial charge is 0.255 e. The van der Waals surface area contributed by atoms with Gasteiger partial charge in [-0.3, -0.25) is 4.79 Å². The van der Waals surface area contributed by atoms with Crippen LogP contribution >= 0.6 is 0 Å². The molecule has 0 aliphatic carbocycles. The fraction of sp³-hybridized carbons (Fsp3) is 0.350. The van der Waals surface area contributed by atoms with Crippen molar-refractivity contribution in [3.05, 3.63) is 71.5 Å². The topological polar surface area (TPSA) is 38.8 Å². The number of fused-ring (bicyclic) bond motifs is 1. The molecule has 0 aromatic heterocycles. The quantitative estimate of drug-likeness (QED) is 0.798. The number of benzene rings is 1. The van der Waals surface area contributed by atoms with Gasteiger partial charge in [-0.25, -0.2) is 0 Å². The third-order valence-corrected chi connectivity index (χ3v) is 4.81. The highest BCUT2D eigenvalue weighted by Gasteiger charge is 2.51. The maximum atomic E-state index is 12.5. The Labute approximate surface area is 143 Å². The summed E-state index contributed by atoms with van der Waals surface area (Å²) in [7, 11) is 1.63. The predicted octanol–water partition coefficient (Wildman–Crippen LogP) is 3.22. The van der Waals surface area contributed by atoms with Gasteiger partial charge >= 0.3 is 0 Å². The summed E-state index contributed by atoms with van der Waals surface area (Å²) in [5.41, 5.74) is 3.83. The largest absolute Gasteiger partial charge is 0.498 e. The van der Waals surface area contributed by atoms with Crippen molar-refractivity contribution in [2.45, 2.75) is 32.1 Å². The lowest BCUT2D eigenvalue weighted by Crippen LogP contribution is -2.67. The summed E-state index contributed by atoms with van der Waals surface area (Å²) in [6.07, 6.45) is 0.218. The zero-order chi connectivity index (χ0) is 17.3. The fourth-order valence-electron chi connectivity index (χ4n) is 3.28. The van der Waals surface area contributed by atoms with Crippen LogP contribution in [0, 0.1) is 0 Å². The lowest BCUT2D eigenvalue weighted by atomic mass is 9.86. The van der Waals surface area contributed by atoms with Crippen LogP contribution in [-0.4, -0.2) is 36.6 Å². The van der Waals surface area contributed by atoms with Gasteiger partial charge in [-0.15, -0.1) is 0 Å². The minimum Gasteiger partial charge on any atom is -0.498 e. The van der Waals surface area contributed by atoms with Crippen molar-refractivity contribution in [2.24, 2.45) is 0 Å². The summed E-state index contributed by atoms with van der Waals surface area (Å²) in [6.45, 7) is 11.2. The molecule has 3 rings (SSSR count). The normalized spacial score (nSPS) is 27.2. The van der Waals surface area contributed by atoms with Crippen LogP contribution in [0.15, 0.2) is 66.0 Å². The van der Waals surface area contributed by atoms with Crippen LogP contribution in [0.1, 0.15) is 18.9 Å². The van der Waals surface area contributed by atoms with Crippen molar-refractivity contribution in [1.82, 2.24) is 4.90 Å². The molecule has 1 aromatic carbocycles. The van der Waals surface area contributed by atoms with Gasteiger partial charge in [0, 0.05) is 6.54 Å². The van der Waals surface area contributed by atoms with E-state index in [1.54, 1.807) is 7.11 Å². The molecule has 0 N–H and O–H groups in total. The van der Waals surface area contributed by atoms with Crippen LogP contribution in [-0.2, 0) is 20.9 Å². The van der Waals surface area contributed by atoms with Gasteiger partial charge in [0.15, 0.2) is 6.10 Å². The molecule has 1 saturated heterocycles. The van der Waals surface area contributed by atoms with Crippen LogP contribution in [0.25, 0.3) is 0 Å². The van der Waals surface area contributed by atoms with Gasteiger partial charge in [-0.05, 0) is 35.6 Å². The number of hydrogen-bond acceptors (Lipinski definition) is 3. The second-order valence-electron chi connectivity index (χ2n) is 6.22. The second kappa shape index (κ2) is 6.65. The van der Waals surface area contributed by atoms with Gasteiger partial charge in [0.05, 0.1) is 13.7 Å². The van der Waals surface area contributed by atoms with Crippen molar-refractivity contribution in [1.29, 1.82) is 0 Å². The predicted molar refractivity (Wildman–Crippen MR) is 93.1 cm³/mol. The van der Waals surface area contributed by atoms with Gasteiger partial charge in [-0.1, -0.05) is 43.5 Å². The molecule has 2 aliphatic rings. The lowest BCUT2D eigenvalue weighted by molar-refractivity contribution is -0.175. The van der Waals surface area contributed by atoms with Gasteiger partial charge in [0.1, 0.15) is 11.8 Å². The molecule has 0 spiro atoms. The Morgan fingerprint density at radius 1 is 1.25 bits per heavy atom. The van der Waals surface area contributed by atoms with Crippen molar-refractivity contribution in [2.75, 3.05) is 13.7 Å². The van der Waals surface area contributed by atoms with E-state index in [-0.39, 0.29) is 11.9 Å². The number of hydrogen-bond donors (Lipinski definition) is 0. The zero-order valence-electron chi connectivity index (χ0n) is 14.2. The molecule has 0 unspecified atom stereocenters. The Balaban J connectivity index is 1.83. The monoisotopic (exact) mass is 325 g/mol. The molecule has 1 fully saturated rings. The van der Waals surface area contributed by atoms with E-state index in [2.05, 4.69) is 13.2 Å². The number of amides is 1. The average Bonchev–Trinajstić information content (AvgIpc) is 2.60. The number of carbonyl (C=O) groups is 1. The second-order valence-corrected chi connectivity index (χ2v) is 6.22. The molecule has 4 nitrogen and oxygen atoms in total. The molecule has 0 bridgehead atoms. The molecule has 1 aromatic rings. The van der Waals surface area contributed by atoms with Gasteiger partial charge in [-0.2, -0.15) is 0 Å². The molecule has 1 amide bonds. The first-order valence-electron chi connectivity index (χ1n) is 8.12. The first kappa shape index (κ1) is 16.5. The Morgan fingerprint density at radius 3 is 2.62 bits per heavy atom. The first-order valence-corrected chi connectivity index (χ1v) is 8.12. The number of allylic oxidation sites excluding steroid dienone is 2. The molecular weight excluding hydrogens is 302 g/mol. The fourth-order valence-corrected chi connectivity index (χ4v) is 3.28. The molecule has 0 radical (unpaired) electrons. The van der Waals surface area contributed by atoms with E-state index in [1.807, 2.05) is 42.2 Å². The number of ether oxygens (including phenoxy) is 2. The van der Waals surface area contributed by atoms with Crippen LogP contribution in [0.2, 0.25) is 0 Å². The number of carbonyl (C=O) groups excluding carboxylic acids is 1. The maximum Gasteiger partial charge on any atom is 0.255 e. The van der Waals surface area contributed by atoms with Crippen LogP contribution in [0.4, 0.5) is 0 Å². The summed E-state index contributed by atoms with van der Waals surface area (Å²) in [6, 6.07) is 9.68. The van der Waals surface area contributed by atoms with Crippen molar-refractivity contribution < 1.29 is 14.3 Å². The van der Waals surface area contributed by atoms with Crippen molar-refractivity contribution in [3.63, 3.8) is 0 Å². The first-order chi connectivity index (χ1) is 11.5. The Bertz CT molecular complexity index is 705. The molecule has 2 heterocycles. The molecule has 2 atom stereocenters. The third kappa shape index (κ3) is 2.78. The number of β-lactam (4-membered cyclic amide) rings is 1. The molecule has 4 heteroatoms. The standard InChI is InChI=1S/C20H23NO3/c1-13-10-11-21-17(18(23-4)15(3)14(13)2)19(20(21)22)24-12-16-8-6-5-7-9-16/h5-9,17,19H,1-2,10-12H2,3-4H3/b18-15+/t17-,19+/m0/s1. The Kier molecular flexibility index (Phi) is 4.58. The Morgan fingerprint density at radius 2 is 1.96 bits per heavy atom. The highest BCUT2D eigenvalue weighted by molar-refractivity contribution is 5.90. The van der Waals surface area contributed by atoms with Crippen LogP contribution in [0.5, 0.6) is 0 Å². The van der Waals surface area contributed by atoms with Crippen LogP contribution < -0.4 is 0 Å². The third-order valence-electron chi connectivity index (χ3n) is 4.81. The van der Waals surface area contributed by atoms with E-state index < -0.39 is 6.10 Å². The van der Waals surface area contributed by atoms with Crippen molar-refractivity contribution >= 4 is 5.91 Å². The van der Waals surface area contributed by atoms with E-state index in [0.29, 0.717) is 13.2 Å². The zero-order valence-corrected chi connectivity index (χ0v) is 14.2. The maximum absolute atomic E-state index is 12.5. The summed E-state index contributed by atoms with van der Waals surface area (Å²) in [5, 5.41) is 0. The lowest BCUT2D eigenvalue weighted by Gasteiger charge is -2.48. The number of methoxy groups -OCH3 is 1. The molecule has 126 valence electrons. The van der Waals surface area contributed by atoms with E-state index in [9.17, 15) is 4.79 Å².